The van der Waals surface area contributed by atoms with Crippen LogP contribution in [-0.2, 0) is 10.8 Å². The lowest BCUT2D eigenvalue weighted by atomic mass is 9.79. The Morgan fingerprint density at radius 3 is 2.08 bits per heavy atom. The molecule has 0 heterocycles. The van der Waals surface area contributed by atoms with E-state index in [2.05, 4.69) is 114 Å². The molecule has 4 aromatic carbocycles. The Balaban J connectivity index is 1.71. The van der Waals surface area contributed by atoms with Crippen LogP contribution >= 0.6 is 22.6 Å². The Morgan fingerprint density at radius 2 is 1.41 bits per heavy atom. The van der Waals surface area contributed by atoms with Gasteiger partial charge in [0.15, 0.2) is 0 Å². The zero-order valence-electron chi connectivity index (χ0n) is 22.7. The summed E-state index contributed by atoms with van der Waals surface area (Å²) in [6, 6.07) is 40.3. The highest BCUT2D eigenvalue weighted by Crippen LogP contribution is 2.37. The van der Waals surface area contributed by atoms with Gasteiger partial charge >= 0.3 is 0 Å². The van der Waals surface area contributed by atoms with Gasteiger partial charge in [-0.3, -0.25) is 0 Å². The molecule has 0 aliphatic carbocycles. The average molecular weight is 624 g/mol. The molecule has 0 aliphatic heterocycles. The van der Waals surface area contributed by atoms with E-state index in [4.69, 9.17) is 0 Å². The molecule has 0 aromatic heterocycles. The van der Waals surface area contributed by atoms with Crippen molar-refractivity contribution in [1.82, 2.24) is 5.32 Å². The quantitative estimate of drug-likeness (QED) is 0.142. The van der Waals surface area contributed by atoms with Crippen molar-refractivity contribution in [2.75, 3.05) is 0 Å². The van der Waals surface area contributed by atoms with Gasteiger partial charge in [-0.05, 0) is 78.8 Å². The second-order valence-corrected chi connectivity index (χ2v) is 11.5. The Morgan fingerprint density at radius 1 is 0.769 bits per heavy atom. The molecule has 4 aromatic rings. The summed E-state index contributed by atoms with van der Waals surface area (Å²) in [7, 11) is 0. The van der Waals surface area contributed by atoms with Crippen molar-refractivity contribution in [2.24, 2.45) is 5.41 Å². The lowest BCUT2D eigenvalue weighted by Gasteiger charge is -2.36. The van der Waals surface area contributed by atoms with Crippen LogP contribution in [-0.4, -0.2) is 6.04 Å². The fourth-order valence-electron chi connectivity index (χ4n) is 5.13. The summed E-state index contributed by atoms with van der Waals surface area (Å²) in [5.74, 6) is 0.109. The molecule has 0 bridgehead atoms. The average Bonchev–Trinajstić information content (AvgIpc) is 2.99. The van der Waals surface area contributed by atoms with Gasteiger partial charge < -0.3 is 5.32 Å². The van der Waals surface area contributed by atoms with E-state index < -0.39 is 5.41 Å². The largest absolute Gasteiger partial charge is 0.305 e. The van der Waals surface area contributed by atoms with Crippen LogP contribution < -0.4 is 5.32 Å². The van der Waals surface area contributed by atoms with Crippen LogP contribution in [0.2, 0.25) is 0 Å². The van der Waals surface area contributed by atoms with Crippen LogP contribution in [0.15, 0.2) is 103 Å². The molecule has 0 aliphatic rings. The molecular weight excluding hydrogens is 589 g/mol. The Labute approximate surface area is 246 Å². The smallest absolute Gasteiger partial charge is 0.0991 e. The van der Waals surface area contributed by atoms with Crippen molar-refractivity contribution in [3.8, 4) is 23.3 Å². The van der Waals surface area contributed by atoms with E-state index in [9.17, 15) is 10.5 Å². The number of nitriles is 2. The number of hydrogen-bond donors (Lipinski definition) is 1. The third-order valence-corrected chi connectivity index (χ3v) is 8.33. The van der Waals surface area contributed by atoms with Crippen molar-refractivity contribution in [3.05, 3.63) is 131 Å². The molecule has 4 rings (SSSR count). The Bertz CT molecular complexity index is 1460. The first-order chi connectivity index (χ1) is 18.8. The number of nitrogens with zero attached hydrogens (tertiary/aromatic N) is 2. The van der Waals surface area contributed by atoms with E-state index >= 15 is 0 Å². The molecule has 1 N–H and O–H groups in total. The minimum atomic E-state index is -0.648. The number of hydrogen-bond acceptors (Lipinski definition) is 3. The summed E-state index contributed by atoms with van der Waals surface area (Å²) in [4.78, 5) is 0. The van der Waals surface area contributed by atoms with Gasteiger partial charge in [0, 0.05) is 16.4 Å². The van der Waals surface area contributed by atoms with E-state index in [0.29, 0.717) is 5.56 Å². The van der Waals surface area contributed by atoms with Gasteiger partial charge in [-0.15, -0.1) is 0 Å². The zero-order chi connectivity index (χ0) is 27.8. The monoisotopic (exact) mass is 623 g/mol. The number of rotatable bonds is 10. The molecule has 0 fully saturated rings. The molecule has 0 amide bonds. The molecule has 39 heavy (non-hydrogen) atoms. The topological polar surface area (TPSA) is 59.6 Å². The van der Waals surface area contributed by atoms with E-state index in [1.165, 1.54) is 11.1 Å². The van der Waals surface area contributed by atoms with E-state index in [-0.39, 0.29) is 18.0 Å². The Kier molecular flexibility index (Phi) is 9.57. The van der Waals surface area contributed by atoms with Gasteiger partial charge in [-0.1, -0.05) is 108 Å². The normalized spacial score (nSPS) is 13.6. The maximum absolute atomic E-state index is 10.2. The van der Waals surface area contributed by atoms with Crippen molar-refractivity contribution < 1.29 is 0 Å². The molecule has 3 atom stereocenters. The van der Waals surface area contributed by atoms with Crippen molar-refractivity contribution in [2.45, 2.75) is 49.6 Å². The fourth-order valence-corrected chi connectivity index (χ4v) is 5.64. The fraction of sp³-hybridized carbons (Fsp3) is 0.257. The summed E-state index contributed by atoms with van der Waals surface area (Å²) in [5, 5.41) is 23.7. The molecule has 196 valence electrons. The van der Waals surface area contributed by atoms with Crippen LogP contribution in [0.1, 0.15) is 60.5 Å². The predicted molar refractivity (Wildman–Crippen MR) is 168 cm³/mol. The van der Waals surface area contributed by atoms with Gasteiger partial charge in [0.2, 0.25) is 0 Å². The number of benzene rings is 4. The third kappa shape index (κ3) is 7.15. The number of halogens is 1. The van der Waals surface area contributed by atoms with Crippen LogP contribution in [0.25, 0.3) is 11.1 Å². The van der Waals surface area contributed by atoms with Crippen LogP contribution in [0.3, 0.4) is 0 Å². The predicted octanol–water partition coefficient (Wildman–Crippen LogP) is 8.76. The SMILES string of the molecule is C[C@H](NC(c1cccc(-c2ccccc2)c1)C(C)(C)C#N)[C@@H](Cc1ccc(CI)cc1)c1cccc(C#N)c1. The maximum atomic E-state index is 10.2. The molecule has 4 heteroatoms. The van der Waals surface area contributed by atoms with Gasteiger partial charge in [-0.2, -0.15) is 10.5 Å². The molecule has 0 saturated carbocycles. The van der Waals surface area contributed by atoms with E-state index in [0.717, 1.165) is 33.1 Å². The highest BCUT2D eigenvalue weighted by atomic mass is 127. The maximum Gasteiger partial charge on any atom is 0.0991 e. The Hall–Kier alpha value is -3.45. The second-order valence-electron chi connectivity index (χ2n) is 10.7. The molecule has 0 saturated heterocycles. The minimum Gasteiger partial charge on any atom is -0.305 e. The van der Waals surface area contributed by atoms with Crippen LogP contribution in [0, 0.1) is 28.1 Å². The van der Waals surface area contributed by atoms with E-state index in [1.807, 2.05) is 50.2 Å². The van der Waals surface area contributed by atoms with Crippen molar-refractivity contribution in [1.29, 1.82) is 10.5 Å². The number of nitrogens with one attached hydrogen (secondary N) is 1. The van der Waals surface area contributed by atoms with Gasteiger partial charge in [0.25, 0.3) is 0 Å². The summed E-state index contributed by atoms with van der Waals surface area (Å²) < 4.78 is 0.983. The molecule has 0 spiro atoms. The molecule has 0 radical (unpaired) electrons. The molecule has 3 nitrogen and oxygen atoms in total. The highest BCUT2D eigenvalue weighted by molar-refractivity contribution is 14.1. The third-order valence-electron chi connectivity index (χ3n) is 7.45. The summed E-state index contributed by atoms with van der Waals surface area (Å²) >= 11 is 2.39. The van der Waals surface area contributed by atoms with Crippen LogP contribution in [0.5, 0.6) is 0 Å². The molecule has 1 unspecified atom stereocenters. The van der Waals surface area contributed by atoms with Crippen LogP contribution in [0.4, 0.5) is 0 Å². The van der Waals surface area contributed by atoms with Crippen molar-refractivity contribution >= 4 is 22.6 Å². The summed E-state index contributed by atoms with van der Waals surface area (Å²) in [5.41, 5.74) is 7.08. The summed E-state index contributed by atoms with van der Waals surface area (Å²) in [6.07, 6.45) is 0.828. The first-order valence-corrected chi connectivity index (χ1v) is 14.8. The summed E-state index contributed by atoms with van der Waals surface area (Å²) in [6.45, 7) is 6.20. The lowest BCUT2D eigenvalue weighted by molar-refractivity contribution is 0.281. The molecular formula is C35H34IN3. The van der Waals surface area contributed by atoms with Gasteiger partial charge in [0.1, 0.15) is 0 Å². The van der Waals surface area contributed by atoms with E-state index in [1.54, 1.807) is 0 Å². The zero-order valence-corrected chi connectivity index (χ0v) is 24.9. The van der Waals surface area contributed by atoms with Crippen molar-refractivity contribution in [3.63, 3.8) is 0 Å². The van der Waals surface area contributed by atoms with Gasteiger partial charge in [-0.25, -0.2) is 0 Å². The van der Waals surface area contributed by atoms with Gasteiger partial charge in [0.05, 0.1) is 29.2 Å². The standard InChI is InChI=1S/C35H34IN3/c1-25(33(31-13-7-9-28(19-31)23-37)20-26-15-17-27(22-36)18-16-26)39-34(35(2,3)24-38)32-14-8-12-30(21-32)29-10-5-4-6-11-29/h4-19,21,25,33-34,39H,20,22H2,1-3H3/t25-,33+,34?/m0/s1. The lowest BCUT2D eigenvalue weighted by Crippen LogP contribution is -2.42. The first kappa shape index (κ1) is 28.6. The highest BCUT2D eigenvalue weighted by Gasteiger charge is 2.34. The first-order valence-electron chi connectivity index (χ1n) is 13.3. The second kappa shape index (κ2) is 13.1. The number of alkyl halides is 1. The minimum absolute atomic E-state index is 0.0289.